The first-order valence-electron chi connectivity index (χ1n) is 15.4. The minimum atomic E-state index is -0.873. The number of hydrogen-bond donors (Lipinski definition) is 1. The summed E-state index contributed by atoms with van der Waals surface area (Å²) in [5.74, 6) is 0.337. The van der Waals surface area contributed by atoms with Gasteiger partial charge < -0.3 is 24.5 Å². The number of aldehydes is 2. The average Bonchev–Trinajstić information content (AvgIpc) is 3.80. The molecule has 8 nitrogen and oxygen atoms in total. The summed E-state index contributed by atoms with van der Waals surface area (Å²) in [5.41, 5.74) is 1.78. The Morgan fingerprint density at radius 3 is 2.42 bits per heavy atom. The number of ether oxygens (including phenoxy) is 1. The number of amides is 2. The van der Waals surface area contributed by atoms with Gasteiger partial charge in [-0.1, -0.05) is 73.8 Å². The molecule has 0 heterocycles. The van der Waals surface area contributed by atoms with Crippen molar-refractivity contribution >= 4 is 36.2 Å². The van der Waals surface area contributed by atoms with E-state index in [1.54, 1.807) is 24.3 Å². The number of carbonyl (C=O) groups excluding carboxylic acids is 4. The Labute approximate surface area is 260 Å². The number of likely N-dealkylation sites (N-methyl/N-ethyl adjacent to an activating group) is 1. The molecule has 2 saturated carbocycles. The molecule has 232 valence electrons. The van der Waals surface area contributed by atoms with E-state index in [9.17, 15) is 19.2 Å². The summed E-state index contributed by atoms with van der Waals surface area (Å²) in [6, 6.07) is 15.9. The van der Waals surface area contributed by atoms with Gasteiger partial charge in [-0.15, -0.1) is 0 Å². The molecule has 4 atom stereocenters. The van der Waals surface area contributed by atoms with E-state index in [1.165, 1.54) is 5.56 Å². The van der Waals surface area contributed by atoms with Crippen LogP contribution in [0, 0.1) is 5.92 Å². The largest absolute Gasteiger partial charge is 0.445 e. The molecule has 1 N–H and O–H groups in total. The van der Waals surface area contributed by atoms with E-state index in [1.807, 2.05) is 35.0 Å². The van der Waals surface area contributed by atoms with Crippen LogP contribution in [0.1, 0.15) is 69.4 Å². The fourth-order valence-electron chi connectivity index (χ4n) is 6.39. The summed E-state index contributed by atoms with van der Waals surface area (Å²) in [6.07, 6.45) is 8.25. The number of rotatable bonds is 15. The number of nitrogens with zero attached hydrogens (tertiary/aromatic N) is 2. The molecule has 4 rings (SSSR count). The molecule has 0 bridgehead atoms. The van der Waals surface area contributed by atoms with Gasteiger partial charge in [-0.05, 0) is 67.7 Å². The van der Waals surface area contributed by atoms with Crippen LogP contribution >= 0.6 is 11.6 Å². The number of benzene rings is 2. The van der Waals surface area contributed by atoms with Gasteiger partial charge in [-0.3, -0.25) is 9.69 Å². The first-order chi connectivity index (χ1) is 20.7. The summed E-state index contributed by atoms with van der Waals surface area (Å²) in [4.78, 5) is 54.6. The summed E-state index contributed by atoms with van der Waals surface area (Å²) in [6.45, 7) is 2.34. The van der Waals surface area contributed by atoms with E-state index in [2.05, 4.69) is 24.4 Å². The van der Waals surface area contributed by atoms with E-state index >= 15 is 0 Å². The fourth-order valence-corrected chi connectivity index (χ4v) is 6.60. The molecule has 0 aliphatic heterocycles. The van der Waals surface area contributed by atoms with Gasteiger partial charge in [0.2, 0.25) is 5.91 Å². The van der Waals surface area contributed by atoms with E-state index in [0.29, 0.717) is 23.6 Å². The van der Waals surface area contributed by atoms with Crippen LogP contribution in [0.3, 0.4) is 0 Å². The lowest BCUT2D eigenvalue weighted by Crippen LogP contribution is -2.55. The minimum absolute atomic E-state index is 0.0136. The van der Waals surface area contributed by atoms with Crippen LogP contribution in [0.25, 0.3) is 0 Å². The first kappa shape index (κ1) is 32.7. The maximum absolute atomic E-state index is 13.4. The lowest BCUT2D eigenvalue weighted by atomic mass is 9.83. The molecular weight excluding hydrogens is 566 g/mol. The highest BCUT2D eigenvalue weighted by molar-refractivity contribution is 6.30. The quantitative estimate of drug-likeness (QED) is 0.264. The zero-order valence-electron chi connectivity index (χ0n) is 25.3. The first-order valence-corrected chi connectivity index (χ1v) is 15.8. The predicted octanol–water partition coefficient (Wildman–Crippen LogP) is 5.60. The zero-order chi connectivity index (χ0) is 30.8. The van der Waals surface area contributed by atoms with Crippen LogP contribution in [0.15, 0.2) is 54.6 Å². The van der Waals surface area contributed by atoms with Crippen molar-refractivity contribution in [2.24, 2.45) is 5.92 Å². The molecule has 43 heavy (non-hydrogen) atoms. The summed E-state index contributed by atoms with van der Waals surface area (Å²) >= 11 is 6.01. The molecule has 3 unspecified atom stereocenters. The van der Waals surface area contributed by atoms with Gasteiger partial charge in [0.1, 0.15) is 25.2 Å². The number of halogens is 1. The number of nitrogens with one attached hydrogen (secondary N) is 1. The minimum Gasteiger partial charge on any atom is -0.445 e. The normalized spacial score (nSPS) is 20.5. The van der Waals surface area contributed by atoms with Gasteiger partial charge in [-0.2, -0.15) is 0 Å². The van der Waals surface area contributed by atoms with Gasteiger partial charge in [-0.25, -0.2) is 4.79 Å². The smallest absolute Gasteiger partial charge is 0.408 e. The van der Waals surface area contributed by atoms with Crippen molar-refractivity contribution in [2.45, 2.75) is 95.0 Å². The number of hydrogen-bond acceptors (Lipinski definition) is 6. The number of carbonyl (C=O) groups is 4. The zero-order valence-corrected chi connectivity index (χ0v) is 26.0. The topological polar surface area (TPSA) is 96.0 Å². The molecule has 2 aromatic rings. The highest BCUT2D eigenvalue weighted by Crippen LogP contribution is 2.44. The predicted molar refractivity (Wildman–Crippen MR) is 167 cm³/mol. The molecule has 0 saturated heterocycles. The highest BCUT2D eigenvalue weighted by atomic mass is 35.5. The third-order valence-electron chi connectivity index (χ3n) is 9.15. The van der Waals surface area contributed by atoms with Crippen molar-refractivity contribution in [1.29, 1.82) is 0 Å². The maximum Gasteiger partial charge on any atom is 0.408 e. The van der Waals surface area contributed by atoms with Gasteiger partial charge in [0.15, 0.2) is 0 Å². The molecule has 0 aromatic heterocycles. The van der Waals surface area contributed by atoms with Crippen molar-refractivity contribution in [2.75, 3.05) is 13.6 Å². The van der Waals surface area contributed by atoms with E-state index < -0.39 is 18.2 Å². The van der Waals surface area contributed by atoms with Crippen LogP contribution in [-0.2, 0) is 32.1 Å². The second-order valence-corrected chi connectivity index (χ2v) is 12.6. The molecule has 2 fully saturated rings. The SMILES string of the molecule is CC1CCCCC1N(CC(C=O)NC(=O)OCc1cccc(Cl)c1)[C@H](C=O)CCC(=O)N(C)C1(Cc2ccccc2)CC1. The Morgan fingerprint density at radius 2 is 1.77 bits per heavy atom. The fraction of sp³-hybridized carbons (Fsp3) is 0.529. The lowest BCUT2D eigenvalue weighted by molar-refractivity contribution is -0.133. The van der Waals surface area contributed by atoms with Gasteiger partial charge in [0, 0.05) is 36.6 Å². The molecular formula is C34H44ClN3O5. The molecule has 2 amide bonds. The van der Waals surface area contributed by atoms with Crippen molar-refractivity contribution in [3.63, 3.8) is 0 Å². The Kier molecular flexibility index (Phi) is 11.8. The van der Waals surface area contributed by atoms with Crippen molar-refractivity contribution in [1.82, 2.24) is 15.1 Å². The van der Waals surface area contributed by atoms with Gasteiger partial charge in [0.25, 0.3) is 0 Å². The standard InChI is InChI=1S/C34H44ClN3O5/c1-25-9-6-7-14-31(25)38(21-29(22-39)36-33(42)43-24-27-12-8-13-28(35)19-27)30(23-40)15-16-32(41)37(2)34(17-18-34)20-26-10-4-3-5-11-26/h3-5,8,10-13,19,22-23,25,29-31H,6-7,9,14-18,20-21,24H2,1-2H3,(H,36,42)/t25?,29?,30-,31?/m0/s1. The Bertz CT molecular complexity index is 1240. The van der Waals surface area contributed by atoms with Crippen LogP contribution in [0.4, 0.5) is 4.79 Å². The van der Waals surface area contributed by atoms with E-state index in [-0.39, 0.29) is 37.1 Å². The van der Waals surface area contributed by atoms with E-state index in [4.69, 9.17) is 16.3 Å². The maximum atomic E-state index is 13.4. The summed E-state index contributed by atoms with van der Waals surface area (Å²) in [7, 11) is 1.87. The monoisotopic (exact) mass is 609 g/mol. The Balaban J connectivity index is 1.38. The third-order valence-corrected chi connectivity index (χ3v) is 9.39. The van der Waals surface area contributed by atoms with Crippen LogP contribution < -0.4 is 5.32 Å². The molecule has 2 aliphatic rings. The van der Waals surface area contributed by atoms with E-state index in [0.717, 1.165) is 56.8 Å². The Hall–Kier alpha value is -3.23. The second-order valence-electron chi connectivity index (χ2n) is 12.2. The van der Waals surface area contributed by atoms with Gasteiger partial charge >= 0.3 is 6.09 Å². The van der Waals surface area contributed by atoms with Crippen LogP contribution in [-0.4, -0.2) is 71.6 Å². The molecule has 2 aromatic carbocycles. The summed E-state index contributed by atoms with van der Waals surface area (Å²) < 4.78 is 5.33. The molecule has 9 heteroatoms. The third kappa shape index (κ3) is 9.13. The average molecular weight is 610 g/mol. The van der Waals surface area contributed by atoms with Crippen molar-refractivity contribution in [3.05, 3.63) is 70.7 Å². The number of alkyl carbamates (subject to hydrolysis) is 1. The van der Waals surface area contributed by atoms with Crippen LogP contribution in [0.2, 0.25) is 5.02 Å². The molecule has 0 spiro atoms. The van der Waals surface area contributed by atoms with Crippen molar-refractivity contribution in [3.8, 4) is 0 Å². The lowest BCUT2D eigenvalue weighted by Gasteiger charge is -2.42. The second kappa shape index (κ2) is 15.5. The molecule has 2 aliphatic carbocycles. The summed E-state index contributed by atoms with van der Waals surface area (Å²) in [5, 5.41) is 3.19. The van der Waals surface area contributed by atoms with Gasteiger partial charge in [0.05, 0.1) is 6.04 Å². The molecule has 0 radical (unpaired) electrons. The Morgan fingerprint density at radius 1 is 1.05 bits per heavy atom. The van der Waals surface area contributed by atoms with Crippen LogP contribution in [0.5, 0.6) is 0 Å². The van der Waals surface area contributed by atoms with Crippen molar-refractivity contribution < 1.29 is 23.9 Å². The highest BCUT2D eigenvalue weighted by Gasteiger charge is 2.48.